The van der Waals surface area contributed by atoms with Crippen LogP contribution < -0.4 is 4.90 Å². The highest BCUT2D eigenvalue weighted by atomic mass is 35.5. The Balaban J connectivity index is 1.34. The third-order valence-corrected chi connectivity index (χ3v) is 5.20. The fourth-order valence-corrected chi connectivity index (χ4v) is 3.50. The van der Waals surface area contributed by atoms with Gasteiger partial charge in [-0.15, -0.1) is 0 Å². The Labute approximate surface area is 163 Å². The van der Waals surface area contributed by atoms with Gasteiger partial charge < -0.3 is 4.90 Å². The van der Waals surface area contributed by atoms with Crippen molar-refractivity contribution >= 4 is 28.9 Å². The van der Waals surface area contributed by atoms with Gasteiger partial charge in [0.15, 0.2) is 0 Å². The van der Waals surface area contributed by atoms with Crippen molar-refractivity contribution in [3.63, 3.8) is 0 Å². The van der Waals surface area contributed by atoms with E-state index in [4.69, 9.17) is 23.2 Å². The molecule has 26 heavy (non-hydrogen) atoms. The van der Waals surface area contributed by atoms with Crippen molar-refractivity contribution in [2.75, 3.05) is 31.1 Å². The average Bonchev–Trinajstić information content (AvgIpc) is 3.12. The van der Waals surface area contributed by atoms with Crippen LogP contribution in [-0.2, 0) is 6.54 Å². The van der Waals surface area contributed by atoms with Crippen molar-refractivity contribution < 1.29 is 0 Å². The monoisotopic (exact) mass is 386 g/mol. The number of piperazine rings is 1. The van der Waals surface area contributed by atoms with Gasteiger partial charge in [0.2, 0.25) is 0 Å². The molecule has 0 aliphatic carbocycles. The van der Waals surface area contributed by atoms with Gasteiger partial charge in [0.25, 0.3) is 0 Å². The molecule has 1 aromatic heterocycles. The van der Waals surface area contributed by atoms with Crippen LogP contribution in [0.3, 0.4) is 0 Å². The topological polar surface area (TPSA) is 24.3 Å². The maximum Gasteiger partial charge on any atom is 0.0646 e. The minimum absolute atomic E-state index is 0.736. The van der Waals surface area contributed by atoms with Crippen LogP contribution >= 0.6 is 23.2 Å². The van der Waals surface area contributed by atoms with Gasteiger partial charge in [-0.2, -0.15) is 5.10 Å². The van der Waals surface area contributed by atoms with Crippen molar-refractivity contribution in [1.29, 1.82) is 0 Å². The zero-order valence-corrected chi connectivity index (χ0v) is 15.9. The molecule has 0 atom stereocenters. The van der Waals surface area contributed by atoms with Crippen molar-refractivity contribution in [3.05, 3.63) is 76.5 Å². The molecule has 0 N–H and O–H groups in total. The van der Waals surface area contributed by atoms with Gasteiger partial charge in [-0.25, -0.2) is 4.68 Å². The molecule has 2 aromatic carbocycles. The summed E-state index contributed by atoms with van der Waals surface area (Å²) in [6, 6.07) is 15.8. The summed E-state index contributed by atoms with van der Waals surface area (Å²) in [6.07, 6.45) is 4.04. The summed E-state index contributed by atoms with van der Waals surface area (Å²) < 4.78 is 1.90. The van der Waals surface area contributed by atoms with E-state index in [2.05, 4.69) is 33.2 Å². The quantitative estimate of drug-likeness (QED) is 0.659. The predicted octanol–water partition coefficient (Wildman–Crippen LogP) is 4.50. The fraction of sp³-hybridized carbons (Fsp3) is 0.250. The molecular weight excluding hydrogens is 367 g/mol. The molecule has 0 bridgehead atoms. The van der Waals surface area contributed by atoms with Crippen LogP contribution in [0.4, 0.5) is 5.69 Å². The van der Waals surface area contributed by atoms with Crippen LogP contribution in [0.5, 0.6) is 0 Å². The zero-order chi connectivity index (χ0) is 17.9. The molecule has 1 fully saturated rings. The third kappa shape index (κ3) is 4.04. The van der Waals surface area contributed by atoms with Gasteiger partial charge in [-0.3, -0.25) is 4.90 Å². The summed E-state index contributed by atoms with van der Waals surface area (Å²) in [5.41, 5.74) is 3.48. The van der Waals surface area contributed by atoms with Gasteiger partial charge in [0.1, 0.15) is 0 Å². The summed E-state index contributed by atoms with van der Waals surface area (Å²) in [7, 11) is 0. The number of nitrogens with zero attached hydrogens (tertiary/aromatic N) is 4. The maximum atomic E-state index is 5.98. The van der Waals surface area contributed by atoms with E-state index >= 15 is 0 Å². The normalized spacial score (nSPS) is 15.4. The molecule has 0 spiro atoms. The highest BCUT2D eigenvalue weighted by Crippen LogP contribution is 2.20. The number of benzene rings is 2. The summed E-state index contributed by atoms with van der Waals surface area (Å²) in [4.78, 5) is 4.87. The lowest BCUT2D eigenvalue weighted by Crippen LogP contribution is -2.45. The first-order valence-electron chi connectivity index (χ1n) is 8.70. The molecule has 0 saturated carbocycles. The number of anilines is 1. The molecule has 0 unspecified atom stereocenters. The van der Waals surface area contributed by atoms with E-state index in [1.54, 1.807) is 0 Å². The highest BCUT2D eigenvalue weighted by molar-refractivity contribution is 6.30. The van der Waals surface area contributed by atoms with E-state index in [1.165, 1.54) is 11.3 Å². The van der Waals surface area contributed by atoms with Crippen molar-refractivity contribution in [1.82, 2.24) is 14.7 Å². The van der Waals surface area contributed by atoms with Crippen LogP contribution in [0.25, 0.3) is 5.69 Å². The molecule has 2 heterocycles. The minimum Gasteiger partial charge on any atom is -0.369 e. The Morgan fingerprint density at radius 3 is 1.96 bits per heavy atom. The molecule has 6 heteroatoms. The Kier molecular flexibility index (Phi) is 5.16. The zero-order valence-electron chi connectivity index (χ0n) is 14.4. The Bertz CT molecular complexity index is 850. The summed E-state index contributed by atoms with van der Waals surface area (Å²) in [5.74, 6) is 0. The molecule has 1 aliphatic rings. The summed E-state index contributed by atoms with van der Waals surface area (Å²) in [6.45, 7) is 5.03. The number of rotatable bonds is 4. The molecule has 1 aliphatic heterocycles. The number of hydrogen-bond acceptors (Lipinski definition) is 3. The largest absolute Gasteiger partial charge is 0.369 e. The van der Waals surface area contributed by atoms with Gasteiger partial charge in [0, 0.05) is 60.2 Å². The van der Waals surface area contributed by atoms with E-state index in [1.807, 2.05) is 47.3 Å². The standard InChI is InChI=1S/C20H20Cl2N4/c21-17-1-5-19(6-2-17)25-11-9-24(10-12-25)14-16-13-23-26(15-16)20-7-3-18(22)4-8-20/h1-8,13,15H,9-12,14H2. The lowest BCUT2D eigenvalue weighted by atomic mass is 10.2. The Hall–Kier alpha value is -2.01. The summed E-state index contributed by atoms with van der Waals surface area (Å²) in [5, 5.41) is 5.99. The molecule has 0 amide bonds. The second kappa shape index (κ2) is 7.70. The molecule has 0 radical (unpaired) electrons. The number of hydrogen-bond donors (Lipinski definition) is 0. The van der Waals surface area contributed by atoms with E-state index in [9.17, 15) is 0 Å². The van der Waals surface area contributed by atoms with Crippen molar-refractivity contribution in [2.45, 2.75) is 6.54 Å². The van der Waals surface area contributed by atoms with E-state index in [-0.39, 0.29) is 0 Å². The number of aromatic nitrogens is 2. The first kappa shape index (κ1) is 17.4. The van der Waals surface area contributed by atoms with E-state index in [0.717, 1.165) is 48.5 Å². The Morgan fingerprint density at radius 1 is 0.769 bits per heavy atom. The van der Waals surface area contributed by atoms with Crippen LogP contribution in [-0.4, -0.2) is 40.9 Å². The molecule has 1 saturated heterocycles. The molecule has 4 nitrogen and oxygen atoms in total. The van der Waals surface area contributed by atoms with Gasteiger partial charge >= 0.3 is 0 Å². The molecule has 3 aromatic rings. The highest BCUT2D eigenvalue weighted by Gasteiger charge is 2.18. The smallest absolute Gasteiger partial charge is 0.0646 e. The summed E-state index contributed by atoms with van der Waals surface area (Å²) >= 11 is 11.9. The van der Waals surface area contributed by atoms with Crippen molar-refractivity contribution in [2.24, 2.45) is 0 Å². The second-order valence-corrected chi connectivity index (χ2v) is 7.38. The average molecular weight is 387 g/mol. The Morgan fingerprint density at radius 2 is 1.35 bits per heavy atom. The first-order valence-corrected chi connectivity index (χ1v) is 9.45. The lowest BCUT2D eigenvalue weighted by molar-refractivity contribution is 0.250. The molecular formula is C20H20Cl2N4. The van der Waals surface area contributed by atoms with Crippen molar-refractivity contribution in [3.8, 4) is 5.69 Å². The first-order chi connectivity index (χ1) is 12.7. The van der Waals surface area contributed by atoms with Crippen LogP contribution in [0.15, 0.2) is 60.9 Å². The van der Waals surface area contributed by atoms with E-state index < -0.39 is 0 Å². The van der Waals surface area contributed by atoms with Crippen LogP contribution in [0.2, 0.25) is 10.0 Å². The lowest BCUT2D eigenvalue weighted by Gasteiger charge is -2.36. The van der Waals surface area contributed by atoms with Gasteiger partial charge in [-0.05, 0) is 48.5 Å². The molecule has 134 valence electrons. The fourth-order valence-electron chi connectivity index (χ4n) is 3.25. The maximum absolute atomic E-state index is 5.98. The van der Waals surface area contributed by atoms with Gasteiger partial charge in [0.05, 0.1) is 11.9 Å². The van der Waals surface area contributed by atoms with Gasteiger partial charge in [-0.1, -0.05) is 23.2 Å². The van der Waals surface area contributed by atoms with Crippen LogP contribution in [0, 0.1) is 0 Å². The predicted molar refractivity (Wildman–Crippen MR) is 108 cm³/mol. The minimum atomic E-state index is 0.736. The third-order valence-electron chi connectivity index (χ3n) is 4.70. The second-order valence-electron chi connectivity index (χ2n) is 6.51. The molecule has 4 rings (SSSR count). The van der Waals surface area contributed by atoms with E-state index in [0.29, 0.717) is 0 Å². The SMILES string of the molecule is Clc1ccc(N2CCN(Cc3cnn(-c4ccc(Cl)cc4)c3)CC2)cc1. The number of halogens is 2. The van der Waals surface area contributed by atoms with Crippen LogP contribution in [0.1, 0.15) is 5.56 Å².